The summed E-state index contributed by atoms with van der Waals surface area (Å²) in [6, 6.07) is 108. The molecule has 6 heterocycles. The maximum absolute atomic E-state index is 2.77. The maximum atomic E-state index is 2.77. The fourth-order valence-electron chi connectivity index (χ4n) is 20.4. The lowest BCUT2D eigenvalue weighted by atomic mass is 9.34. The van der Waals surface area contributed by atoms with Crippen LogP contribution in [0.3, 0.4) is 0 Å². The van der Waals surface area contributed by atoms with Crippen molar-refractivity contribution in [2.75, 3.05) is 0 Å². The fraction of sp³-hybridized carbons (Fsp3) is 0.154. The van der Waals surface area contributed by atoms with Crippen LogP contribution in [-0.4, -0.2) is 25.0 Å². The van der Waals surface area contributed by atoms with Gasteiger partial charge in [-0.1, -0.05) is 271 Å². The molecule has 520 valence electrons. The largest absolute Gasteiger partial charge is 0.310 e. The summed E-state index contributed by atoms with van der Waals surface area (Å²) in [5.41, 5.74) is 25.7. The minimum Gasteiger partial charge on any atom is -0.310 e. The molecular weight excluding hydrogens is 1320 g/mol. The van der Waals surface area contributed by atoms with E-state index in [1.54, 1.807) is 0 Å². The SMILES string of the molecule is CC(C)(C)c1ccc2c(c1)c1cc(C(C)(C)C)ccc1n2-c1ccc(-c2cc3c4c(c2)-n2c5ccc6c7ccccc7c7ccccc7c6c5c5c6c7ccccc7c7ccccc7c6cc(c52)B4c2cc4ccccc4c4c5ccccc5n-3c24)c(-n2c3ccc(C(C)(C)C)cc3c3cc(C(C)(C)C)ccc32)c1. The Labute approximate surface area is 633 Å². The van der Waals surface area contributed by atoms with Crippen molar-refractivity contribution in [3.05, 3.63) is 295 Å². The normalized spacial score (nSPS) is 13.5. The molecule has 2 aliphatic rings. The van der Waals surface area contributed by atoms with E-state index in [9.17, 15) is 0 Å². The Balaban J connectivity index is 0.927. The molecule has 5 heteroatoms. The third-order valence-corrected chi connectivity index (χ3v) is 25.6. The van der Waals surface area contributed by atoms with Gasteiger partial charge in [0.15, 0.2) is 0 Å². The number of hydrogen-bond acceptors (Lipinski definition) is 0. The predicted molar refractivity (Wildman–Crippen MR) is 471 cm³/mol. The molecule has 4 nitrogen and oxygen atoms in total. The summed E-state index contributed by atoms with van der Waals surface area (Å²) in [6.07, 6.45) is 0. The first-order valence-electron chi connectivity index (χ1n) is 39.2. The van der Waals surface area contributed by atoms with Crippen LogP contribution in [0, 0.1) is 0 Å². The van der Waals surface area contributed by atoms with Crippen molar-refractivity contribution in [1.29, 1.82) is 0 Å². The van der Waals surface area contributed by atoms with E-state index in [4.69, 9.17) is 0 Å². The van der Waals surface area contributed by atoms with Crippen molar-refractivity contribution in [2.45, 2.75) is 105 Å². The van der Waals surface area contributed by atoms with Crippen LogP contribution in [0.4, 0.5) is 0 Å². The molecule has 0 atom stereocenters. The van der Waals surface area contributed by atoms with Crippen LogP contribution < -0.4 is 16.4 Å². The van der Waals surface area contributed by atoms with Crippen LogP contribution in [-0.2, 0) is 21.7 Å². The maximum Gasteiger partial charge on any atom is 0.252 e. The lowest BCUT2D eigenvalue weighted by Crippen LogP contribution is -2.59. The standard InChI is InChI=1S/C104H81BN4/c1-101(2,3)60-37-44-85-77(52-60)78-53-61(102(4,5)6)38-45-86(78)106(85)64-41-42-65(90(56-64)107-87-46-39-62(103(7,8)9)54-79(87)80-55-63(104(10,11)12)40-47-88(80)107)59-50-91-98-92(51-59)109-89-48-43-75-71-31-17-15-27-67(71)69-29-19-21-33-73(69)93(75)96(89)97-94-74-34-22-20-30-70(74)68-28-16-18-32-72(68)81(94)57-83(100(97)109)105(98)82-49-58-25-13-14-26-66(58)95-76-35-23-24-36-84(76)108(91)99(82)95/h13-57H,1-12H3. The Kier molecular flexibility index (Phi) is 12.3. The van der Waals surface area contributed by atoms with E-state index in [-0.39, 0.29) is 28.4 Å². The van der Waals surface area contributed by atoms with Gasteiger partial charge in [0, 0.05) is 76.5 Å². The molecule has 109 heavy (non-hydrogen) atoms. The van der Waals surface area contributed by atoms with Gasteiger partial charge in [-0.05, 0) is 215 Å². The summed E-state index contributed by atoms with van der Waals surface area (Å²) in [6.45, 7) is 28.0. The molecule has 21 aromatic rings. The first-order valence-corrected chi connectivity index (χ1v) is 39.2. The van der Waals surface area contributed by atoms with Crippen molar-refractivity contribution in [3.63, 3.8) is 0 Å². The summed E-state index contributed by atoms with van der Waals surface area (Å²) in [5, 5.41) is 28.1. The van der Waals surface area contributed by atoms with Gasteiger partial charge in [-0.15, -0.1) is 0 Å². The summed E-state index contributed by atoms with van der Waals surface area (Å²) >= 11 is 0. The Morgan fingerprint density at radius 2 is 0.606 bits per heavy atom. The van der Waals surface area contributed by atoms with Crippen molar-refractivity contribution in [2.24, 2.45) is 0 Å². The van der Waals surface area contributed by atoms with E-state index in [1.807, 2.05) is 0 Å². The third kappa shape index (κ3) is 8.46. The highest BCUT2D eigenvalue weighted by molar-refractivity contribution is 7.01. The van der Waals surface area contributed by atoms with E-state index in [0.717, 1.165) is 22.5 Å². The molecule has 4 aromatic heterocycles. The monoisotopic (exact) mass is 1400 g/mol. The topological polar surface area (TPSA) is 19.7 Å². The highest BCUT2D eigenvalue weighted by atomic mass is 15.0. The second-order valence-corrected chi connectivity index (χ2v) is 35.9. The van der Waals surface area contributed by atoms with Gasteiger partial charge in [-0.2, -0.15) is 0 Å². The minimum atomic E-state index is -0.165. The number of para-hydroxylation sites is 1. The molecule has 23 rings (SSSR count). The highest BCUT2D eigenvalue weighted by Gasteiger charge is 2.43. The fourth-order valence-corrected chi connectivity index (χ4v) is 20.4. The third-order valence-electron chi connectivity index (χ3n) is 25.6. The van der Waals surface area contributed by atoms with Crippen LogP contribution in [0.15, 0.2) is 273 Å². The molecule has 2 aliphatic heterocycles. The molecule has 0 N–H and O–H groups in total. The summed E-state index contributed by atoms with van der Waals surface area (Å²) < 4.78 is 10.7. The number of fused-ring (bicyclic) bond motifs is 32. The van der Waals surface area contributed by atoms with Crippen molar-refractivity contribution in [3.8, 4) is 33.9 Å². The number of nitrogens with zero attached hydrogens (tertiary/aromatic N) is 4. The molecule has 0 saturated carbocycles. The lowest BCUT2D eigenvalue weighted by Gasteiger charge is -2.35. The first-order chi connectivity index (χ1) is 52.6. The number of hydrogen-bond donors (Lipinski definition) is 0. The molecule has 0 aliphatic carbocycles. The zero-order valence-electron chi connectivity index (χ0n) is 63.8. The van der Waals surface area contributed by atoms with Crippen LogP contribution >= 0.6 is 0 Å². The molecule has 17 aromatic carbocycles. The van der Waals surface area contributed by atoms with Crippen LogP contribution in [0.25, 0.3) is 197 Å². The Bertz CT molecular complexity index is 7580. The van der Waals surface area contributed by atoms with E-state index < -0.39 is 0 Å². The van der Waals surface area contributed by atoms with Gasteiger partial charge in [0.2, 0.25) is 0 Å². The number of benzene rings is 17. The summed E-state index contributed by atoms with van der Waals surface area (Å²) in [5.74, 6) is 0. The lowest BCUT2D eigenvalue weighted by molar-refractivity contribution is 0.590. The Morgan fingerprint density at radius 1 is 0.229 bits per heavy atom. The van der Waals surface area contributed by atoms with Crippen LogP contribution in [0.2, 0.25) is 0 Å². The van der Waals surface area contributed by atoms with Gasteiger partial charge in [-0.25, -0.2) is 0 Å². The summed E-state index contributed by atoms with van der Waals surface area (Å²) in [7, 11) is 0. The van der Waals surface area contributed by atoms with Gasteiger partial charge in [-0.3, -0.25) is 0 Å². The highest BCUT2D eigenvalue weighted by Crippen LogP contribution is 2.52. The van der Waals surface area contributed by atoms with E-state index in [0.29, 0.717) is 0 Å². The van der Waals surface area contributed by atoms with Gasteiger partial charge in [0.1, 0.15) is 0 Å². The predicted octanol–water partition coefficient (Wildman–Crippen LogP) is 26.1. The average molecular weight is 1400 g/mol. The summed E-state index contributed by atoms with van der Waals surface area (Å²) in [4.78, 5) is 0. The minimum absolute atomic E-state index is 0.0486. The van der Waals surface area contributed by atoms with Crippen molar-refractivity contribution < 1.29 is 0 Å². The molecule has 0 spiro atoms. The van der Waals surface area contributed by atoms with Crippen molar-refractivity contribution in [1.82, 2.24) is 18.3 Å². The zero-order valence-corrected chi connectivity index (χ0v) is 63.8. The molecule has 0 unspecified atom stereocenters. The van der Waals surface area contributed by atoms with Gasteiger partial charge in [0.05, 0.1) is 49.8 Å². The molecule has 0 radical (unpaired) electrons. The Morgan fingerprint density at radius 3 is 1.11 bits per heavy atom. The van der Waals surface area contributed by atoms with Crippen LogP contribution in [0.5, 0.6) is 0 Å². The molecular formula is C104H81BN4. The second-order valence-electron chi connectivity index (χ2n) is 35.9. The second kappa shape index (κ2) is 21.4. The van der Waals surface area contributed by atoms with E-state index in [2.05, 4.69) is 374 Å². The molecule has 0 bridgehead atoms. The molecule has 0 fully saturated rings. The first kappa shape index (κ1) is 63.0. The van der Waals surface area contributed by atoms with Gasteiger partial charge < -0.3 is 18.3 Å². The molecule has 0 saturated heterocycles. The van der Waals surface area contributed by atoms with Gasteiger partial charge in [0.25, 0.3) is 6.71 Å². The van der Waals surface area contributed by atoms with Crippen LogP contribution in [0.1, 0.15) is 105 Å². The number of rotatable bonds is 3. The van der Waals surface area contributed by atoms with E-state index in [1.165, 1.54) is 213 Å². The van der Waals surface area contributed by atoms with Gasteiger partial charge >= 0.3 is 0 Å². The zero-order chi connectivity index (χ0) is 73.5. The number of aromatic nitrogens is 4. The van der Waals surface area contributed by atoms with E-state index >= 15 is 0 Å². The average Bonchev–Trinajstić information content (AvgIpc) is 1.58. The quantitative estimate of drug-likeness (QED) is 0.124. The molecule has 0 amide bonds. The Hall–Kier alpha value is -12.2. The smallest absolute Gasteiger partial charge is 0.252 e. The van der Waals surface area contributed by atoms with Crippen molar-refractivity contribution >= 4 is 186 Å².